The van der Waals surface area contributed by atoms with Crippen LogP contribution in [0, 0.1) is 0 Å². The van der Waals surface area contributed by atoms with Crippen LogP contribution in [0.1, 0.15) is 13.8 Å². The summed E-state index contributed by atoms with van der Waals surface area (Å²) in [6.45, 7) is 3.44. The van der Waals surface area contributed by atoms with Crippen molar-refractivity contribution in [2.24, 2.45) is 0 Å². The maximum atomic E-state index is 13.0. The molecule has 0 atom stereocenters. The number of sulfonamides is 1. The van der Waals surface area contributed by atoms with Crippen molar-refractivity contribution in [3.05, 3.63) is 65.2 Å². The SMILES string of the molecule is COc1ccc(N(C(=O)C=C(C)C)S(=O)(=O)c2ccc(Cl)cc2)cc1. The molecule has 2 aromatic carbocycles. The van der Waals surface area contributed by atoms with Gasteiger partial charge in [0, 0.05) is 11.1 Å². The van der Waals surface area contributed by atoms with Gasteiger partial charge in [0.1, 0.15) is 5.75 Å². The Morgan fingerprint density at radius 3 is 2.08 bits per heavy atom. The number of nitrogens with zero attached hydrogens (tertiary/aromatic N) is 1. The number of allylic oxidation sites excluding steroid dienone is 1. The molecule has 0 aliphatic heterocycles. The fourth-order valence-corrected chi connectivity index (χ4v) is 3.63. The smallest absolute Gasteiger partial charge is 0.271 e. The summed E-state index contributed by atoms with van der Waals surface area (Å²) >= 11 is 5.82. The first-order chi connectivity index (χ1) is 11.8. The second-order valence-electron chi connectivity index (χ2n) is 5.48. The van der Waals surface area contributed by atoms with Crippen molar-refractivity contribution in [3.63, 3.8) is 0 Å². The van der Waals surface area contributed by atoms with E-state index >= 15 is 0 Å². The summed E-state index contributed by atoms with van der Waals surface area (Å²) in [6.07, 6.45) is 1.28. The van der Waals surface area contributed by atoms with Crippen LogP contribution in [0.4, 0.5) is 5.69 Å². The van der Waals surface area contributed by atoms with E-state index in [0.717, 1.165) is 4.31 Å². The van der Waals surface area contributed by atoms with E-state index in [4.69, 9.17) is 16.3 Å². The summed E-state index contributed by atoms with van der Waals surface area (Å²) in [7, 11) is -2.59. The fourth-order valence-electron chi connectivity index (χ4n) is 2.12. The van der Waals surface area contributed by atoms with Gasteiger partial charge in [-0.15, -0.1) is 0 Å². The third-order valence-electron chi connectivity index (χ3n) is 3.27. The highest BCUT2D eigenvalue weighted by atomic mass is 35.5. The maximum Gasteiger partial charge on any atom is 0.271 e. The van der Waals surface area contributed by atoms with Crippen molar-refractivity contribution in [2.45, 2.75) is 18.7 Å². The van der Waals surface area contributed by atoms with Gasteiger partial charge in [-0.25, -0.2) is 8.42 Å². The van der Waals surface area contributed by atoms with E-state index in [1.165, 1.54) is 49.6 Å². The highest BCUT2D eigenvalue weighted by Gasteiger charge is 2.29. The van der Waals surface area contributed by atoms with Gasteiger partial charge in [-0.3, -0.25) is 4.79 Å². The van der Waals surface area contributed by atoms with Gasteiger partial charge >= 0.3 is 0 Å². The highest BCUT2D eigenvalue weighted by Crippen LogP contribution is 2.27. The van der Waals surface area contributed by atoms with Crippen molar-refractivity contribution < 1.29 is 17.9 Å². The Morgan fingerprint density at radius 2 is 1.60 bits per heavy atom. The molecule has 0 saturated carbocycles. The first-order valence-corrected chi connectivity index (χ1v) is 9.21. The number of carbonyl (C=O) groups is 1. The minimum absolute atomic E-state index is 0.0248. The number of benzene rings is 2. The van der Waals surface area contributed by atoms with Gasteiger partial charge in [-0.1, -0.05) is 17.2 Å². The molecule has 0 bridgehead atoms. The molecule has 0 spiro atoms. The second kappa shape index (κ2) is 7.72. The predicted molar refractivity (Wildman–Crippen MR) is 98.5 cm³/mol. The molecule has 0 heterocycles. The lowest BCUT2D eigenvalue weighted by molar-refractivity contribution is -0.113. The molecule has 0 N–H and O–H groups in total. The Morgan fingerprint density at radius 1 is 1.04 bits per heavy atom. The molecule has 132 valence electrons. The van der Waals surface area contributed by atoms with Gasteiger partial charge in [-0.05, 0) is 62.4 Å². The van der Waals surface area contributed by atoms with E-state index in [0.29, 0.717) is 16.3 Å². The second-order valence-corrected chi connectivity index (χ2v) is 7.70. The van der Waals surface area contributed by atoms with E-state index in [9.17, 15) is 13.2 Å². The third-order valence-corrected chi connectivity index (χ3v) is 5.26. The molecule has 0 radical (unpaired) electrons. The highest BCUT2D eigenvalue weighted by molar-refractivity contribution is 7.93. The zero-order valence-corrected chi connectivity index (χ0v) is 15.6. The Hall–Kier alpha value is -2.31. The minimum Gasteiger partial charge on any atom is -0.497 e. The van der Waals surface area contributed by atoms with Crippen LogP contribution in [-0.4, -0.2) is 21.4 Å². The zero-order chi connectivity index (χ0) is 18.6. The Kier molecular flexibility index (Phi) is 5.87. The molecule has 0 fully saturated rings. The molecule has 2 aromatic rings. The summed E-state index contributed by atoms with van der Waals surface area (Å²) < 4.78 is 31.9. The molecule has 0 unspecified atom stereocenters. The van der Waals surface area contributed by atoms with Crippen LogP contribution in [-0.2, 0) is 14.8 Å². The number of hydrogen-bond donors (Lipinski definition) is 0. The maximum absolute atomic E-state index is 13.0. The molecule has 25 heavy (non-hydrogen) atoms. The van der Waals surface area contributed by atoms with Crippen LogP contribution in [0.25, 0.3) is 0 Å². The van der Waals surface area contributed by atoms with E-state index in [1.54, 1.807) is 26.0 Å². The van der Waals surface area contributed by atoms with Gasteiger partial charge < -0.3 is 4.74 Å². The van der Waals surface area contributed by atoms with Crippen LogP contribution in [0.2, 0.25) is 5.02 Å². The van der Waals surface area contributed by atoms with Crippen LogP contribution in [0.5, 0.6) is 5.75 Å². The number of amides is 1. The molecule has 0 aliphatic carbocycles. The Labute approximate surface area is 152 Å². The van der Waals surface area contributed by atoms with E-state index in [1.807, 2.05) is 0 Å². The zero-order valence-electron chi connectivity index (χ0n) is 14.1. The summed E-state index contributed by atoms with van der Waals surface area (Å²) in [5, 5.41) is 0.408. The topological polar surface area (TPSA) is 63.7 Å². The summed E-state index contributed by atoms with van der Waals surface area (Å²) in [6, 6.07) is 11.9. The van der Waals surface area contributed by atoms with Gasteiger partial charge in [0.15, 0.2) is 0 Å². The first kappa shape index (κ1) is 19.0. The molecular weight excluding hydrogens is 362 g/mol. The summed E-state index contributed by atoms with van der Waals surface area (Å²) in [5.74, 6) is -0.0950. The summed E-state index contributed by atoms with van der Waals surface area (Å²) in [4.78, 5) is 12.6. The molecule has 7 heteroatoms. The molecule has 0 aromatic heterocycles. The minimum atomic E-state index is -4.10. The van der Waals surface area contributed by atoms with Gasteiger partial charge in [0.05, 0.1) is 17.7 Å². The average Bonchev–Trinajstić information content (AvgIpc) is 2.55. The number of halogens is 1. The quantitative estimate of drug-likeness (QED) is 0.735. The largest absolute Gasteiger partial charge is 0.497 e. The first-order valence-electron chi connectivity index (χ1n) is 7.39. The number of carbonyl (C=O) groups excluding carboxylic acids is 1. The van der Waals surface area contributed by atoms with Gasteiger partial charge in [-0.2, -0.15) is 4.31 Å². The lowest BCUT2D eigenvalue weighted by atomic mass is 10.3. The Bertz CT molecular complexity index is 884. The third kappa shape index (κ3) is 4.41. The molecule has 0 aliphatic rings. The normalized spacial score (nSPS) is 10.9. The van der Waals surface area contributed by atoms with Crippen molar-refractivity contribution in [3.8, 4) is 5.75 Å². The lowest BCUT2D eigenvalue weighted by Gasteiger charge is -2.22. The van der Waals surface area contributed by atoms with Crippen LogP contribution in [0.15, 0.2) is 65.1 Å². The standard InChI is InChI=1S/C18H18ClNO4S/c1-13(2)12-18(21)20(15-6-8-16(24-3)9-7-15)25(22,23)17-10-4-14(19)5-11-17/h4-12H,1-3H3. The van der Waals surface area contributed by atoms with E-state index < -0.39 is 15.9 Å². The van der Waals surface area contributed by atoms with Crippen LogP contribution in [0.3, 0.4) is 0 Å². The van der Waals surface area contributed by atoms with Crippen molar-refractivity contribution in [1.29, 1.82) is 0 Å². The Balaban J connectivity index is 2.59. The number of anilines is 1. The van der Waals surface area contributed by atoms with Crippen molar-refractivity contribution in [1.82, 2.24) is 0 Å². The average molecular weight is 380 g/mol. The summed E-state index contributed by atoms with van der Waals surface area (Å²) in [5.41, 5.74) is 0.910. The molecule has 5 nitrogen and oxygen atoms in total. The molecule has 2 rings (SSSR count). The van der Waals surface area contributed by atoms with Crippen LogP contribution >= 0.6 is 11.6 Å². The monoisotopic (exact) mass is 379 g/mol. The van der Waals surface area contributed by atoms with Gasteiger partial charge in [0.2, 0.25) is 0 Å². The molecule has 0 saturated heterocycles. The number of rotatable bonds is 5. The fraction of sp³-hybridized carbons (Fsp3) is 0.167. The molecule has 1 amide bonds. The number of ether oxygens (including phenoxy) is 1. The van der Waals surface area contributed by atoms with Gasteiger partial charge in [0.25, 0.3) is 15.9 Å². The van der Waals surface area contributed by atoms with Crippen LogP contribution < -0.4 is 9.04 Å². The predicted octanol–water partition coefficient (Wildman–Crippen LogP) is 4.04. The van der Waals surface area contributed by atoms with Crippen molar-refractivity contribution >= 4 is 33.2 Å². The van der Waals surface area contributed by atoms with E-state index in [2.05, 4.69) is 0 Å². The lowest BCUT2D eigenvalue weighted by Crippen LogP contribution is -2.36. The number of methoxy groups -OCH3 is 1. The van der Waals surface area contributed by atoms with E-state index in [-0.39, 0.29) is 10.6 Å². The number of hydrogen-bond acceptors (Lipinski definition) is 4. The van der Waals surface area contributed by atoms with Crippen molar-refractivity contribution in [2.75, 3.05) is 11.4 Å². The molecular formula is C18H18ClNO4S.